The number of aryl methyl sites for hydroxylation is 1. The maximum Gasteiger partial charge on any atom is 0.251 e. The average molecular weight is 339 g/mol. The van der Waals surface area contributed by atoms with E-state index in [4.69, 9.17) is 4.74 Å². The van der Waals surface area contributed by atoms with Crippen LogP contribution in [0.15, 0.2) is 24.4 Å². The summed E-state index contributed by atoms with van der Waals surface area (Å²) in [6, 6.07) is 5.26. The van der Waals surface area contributed by atoms with Crippen LogP contribution in [0.3, 0.4) is 0 Å². The molecular formula is C16H17N7O2. The Morgan fingerprint density at radius 3 is 3.12 bits per heavy atom. The highest BCUT2D eigenvalue weighted by atomic mass is 16.5. The van der Waals surface area contributed by atoms with E-state index in [2.05, 4.69) is 36.1 Å². The van der Waals surface area contributed by atoms with Crippen LogP contribution in [-0.2, 0) is 12.8 Å². The minimum atomic E-state index is -0.133. The Hall–Kier alpha value is -3.23. The summed E-state index contributed by atoms with van der Waals surface area (Å²) in [5, 5.41) is 24.0. The summed E-state index contributed by atoms with van der Waals surface area (Å²) in [5.74, 6) is 0.808. The van der Waals surface area contributed by atoms with Gasteiger partial charge in [0.2, 0.25) is 5.82 Å². The zero-order valence-corrected chi connectivity index (χ0v) is 13.6. The maximum absolute atomic E-state index is 12.6. The smallest absolute Gasteiger partial charge is 0.251 e. The van der Waals surface area contributed by atoms with Gasteiger partial charge in [0.05, 0.1) is 18.9 Å². The average Bonchev–Trinajstić information content (AvgIpc) is 3.32. The molecule has 0 radical (unpaired) electrons. The van der Waals surface area contributed by atoms with E-state index in [0.717, 1.165) is 25.0 Å². The van der Waals surface area contributed by atoms with E-state index in [1.165, 1.54) is 5.56 Å². The topological polar surface area (TPSA) is 121 Å². The molecule has 1 atom stereocenters. The van der Waals surface area contributed by atoms with Gasteiger partial charge in [0.25, 0.3) is 5.91 Å². The quantitative estimate of drug-likeness (QED) is 0.649. The number of aromatic nitrogens is 6. The lowest BCUT2D eigenvalue weighted by Crippen LogP contribution is -2.38. The number of rotatable bonds is 4. The highest BCUT2D eigenvalue weighted by Crippen LogP contribution is 2.28. The van der Waals surface area contributed by atoms with Crippen molar-refractivity contribution < 1.29 is 9.53 Å². The van der Waals surface area contributed by atoms with Gasteiger partial charge in [-0.25, -0.2) is 0 Å². The number of H-pyrrole nitrogens is 2. The first-order valence-corrected chi connectivity index (χ1v) is 7.98. The molecule has 3 aromatic rings. The summed E-state index contributed by atoms with van der Waals surface area (Å²) >= 11 is 0. The summed E-state index contributed by atoms with van der Waals surface area (Å²) in [7, 11) is 1.54. The molecule has 0 saturated carbocycles. The summed E-state index contributed by atoms with van der Waals surface area (Å²) in [4.78, 5) is 12.6. The molecule has 2 heterocycles. The second kappa shape index (κ2) is 6.34. The number of nitrogens with zero attached hydrogens (tertiary/aromatic N) is 4. The van der Waals surface area contributed by atoms with Crippen LogP contribution in [0.2, 0.25) is 0 Å². The number of aromatic amines is 2. The van der Waals surface area contributed by atoms with E-state index in [0.29, 0.717) is 22.7 Å². The number of nitrogens with one attached hydrogen (secondary N) is 3. The molecule has 1 aromatic carbocycles. The number of carbonyl (C=O) groups excluding carboxylic acids is 1. The summed E-state index contributed by atoms with van der Waals surface area (Å²) in [5.41, 5.74) is 3.53. The first kappa shape index (κ1) is 15.3. The Morgan fingerprint density at radius 2 is 2.32 bits per heavy atom. The van der Waals surface area contributed by atoms with Gasteiger partial charge in [0.15, 0.2) is 0 Å². The molecule has 9 nitrogen and oxygen atoms in total. The fourth-order valence-corrected chi connectivity index (χ4v) is 3.09. The predicted octanol–water partition coefficient (Wildman–Crippen LogP) is 0.886. The minimum Gasteiger partial charge on any atom is -0.496 e. The van der Waals surface area contributed by atoms with Gasteiger partial charge in [0, 0.05) is 23.7 Å². The maximum atomic E-state index is 12.6. The van der Waals surface area contributed by atoms with E-state index in [1.807, 2.05) is 6.20 Å². The van der Waals surface area contributed by atoms with Crippen molar-refractivity contribution in [3.05, 3.63) is 41.2 Å². The SMILES string of the molecule is COc1cc(C(=O)NC2CCc3cn[nH]c3C2)ccc1-c1nn[nH]n1. The van der Waals surface area contributed by atoms with E-state index in [-0.39, 0.29) is 11.9 Å². The number of benzene rings is 1. The van der Waals surface area contributed by atoms with Gasteiger partial charge in [-0.05, 0) is 41.8 Å². The van der Waals surface area contributed by atoms with E-state index >= 15 is 0 Å². The van der Waals surface area contributed by atoms with Crippen LogP contribution in [0.4, 0.5) is 0 Å². The van der Waals surface area contributed by atoms with Crippen molar-refractivity contribution in [1.29, 1.82) is 0 Å². The molecular weight excluding hydrogens is 322 g/mol. The number of hydrogen-bond acceptors (Lipinski definition) is 6. The Balaban J connectivity index is 1.51. The molecule has 1 amide bonds. The molecule has 2 aromatic heterocycles. The van der Waals surface area contributed by atoms with Gasteiger partial charge in [-0.1, -0.05) is 0 Å². The molecule has 25 heavy (non-hydrogen) atoms. The van der Waals surface area contributed by atoms with Gasteiger partial charge in [-0.2, -0.15) is 10.3 Å². The summed E-state index contributed by atoms with van der Waals surface area (Å²) in [6.45, 7) is 0. The van der Waals surface area contributed by atoms with Crippen molar-refractivity contribution in [2.75, 3.05) is 7.11 Å². The molecule has 128 valence electrons. The van der Waals surface area contributed by atoms with Crippen LogP contribution in [0.5, 0.6) is 5.75 Å². The van der Waals surface area contributed by atoms with Crippen LogP contribution >= 0.6 is 0 Å². The lowest BCUT2D eigenvalue weighted by atomic mass is 9.93. The molecule has 0 aliphatic heterocycles. The predicted molar refractivity (Wildman–Crippen MR) is 88.0 cm³/mol. The largest absolute Gasteiger partial charge is 0.496 e. The molecule has 0 saturated heterocycles. The van der Waals surface area contributed by atoms with Crippen molar-refractivity contribution in [2.24, 2.45) is 0 Å². The van der Waals surface area contributed by atoms with E-state index in [1.54, 1.807) is 25.3 Å². The van der Waals surface area contributed by atoms with Crippen molar-refractivity contribution >= 4 is 5.91 Å². The van der Waals surface area contributed by atoms with Crippen LogP contribution in [0.1, 0.15) is 28.0 Å². The third-order valence-corrected chi connectivity index (χ3v) is 4.41. The standard InChI is InChI=1S/C16H17N7O2/c1-25-14-6-9(3-5-12(14)15-20-22-23-21-15)16(24)18-11-4-2-10-8-17-19-13(10)7-11/h3,5-6,8,11H,2,4,7H2,1H3,(H,17,19)(H,18,24)(H,20,21,22,23). The second-order valence-electron chi connectivity index (χ2n) is 5.94. The van der Waals surface area contributed by atoms with Crippen LogP contribution in [0.25, 0.3) is 11.4 Å². The summed E-state index contributed by atoms with van der Waals surface area (Å²) in [6.07, 6.45) is 4.43. The van der Waals surface area contributed by atoms with Crippen molar-refractivity contribution in [3.63, 3.8) is 0 Å². The minimum absolute atomic E-state index is 0.0864. The number of hydrogen-bond donors (Lipinski definition) is 3. The van der Waals surface area contributed by atoms with E-state index < -0.39 is 0 Å². The zero-order valence-electron chi connectivity index (χ0n) is 13.6. The third kappa shape index (κ3) is 2.95. The first-order chi connectivity index (χ1) is 12.2. The number of ether oxygens (including phenoxy) is 1. The fourth-order valence-electron chi connectivity index (χ4n) is 3.09. The second-order valence-corrected chi connectivity index (χ2v) is 5.94. The molecule has 0 spiro atoms. The van der Waals surface area contributed by atoms with Gasteiger partial charge in [0.1, 0.15) is 5.75 Å². The fraction of sp³-hybridized carbons (Fsp3) is 0.312. The Labute approximate surface area is 143 Å². The zero-order chi connectivity index (χ0) is 17.2. The highest BCUT2D eigenvalue weighted by Gasteiger charge is 2.22. The van der Waals surface area contributed by atoms with Gasteiger partial charge in [-0.15, -0.1) is 10.2 Å². The van der Waals surface area contributed by atoms with Crippen molar-refractivity contribution in [1.82, 2.24) is 36.1 Å². The van der Waals surface area contributed by atoms with Crippen molar-refractivity contribution in [2.45, 2.75) is 25.3 Å². The number of tetrazole rings is 1. The van der Waals surface area contributed by atoms with Crippen LogP contribution in [-0.4, -0.2) is 49.9 Å². The molecule has 0 bridgehead atoms. The molecule has 1 aliphatic rings. The molecule has 1 aliphatic carbocycles. The number of amides is 1. The first-order valence-electron chi connectivity index (χ1n) is 7.98. The van der Waals surface area contributed by atoms with Gasteiger partial charge in [-0.3, -0.25) is 9.89 Å². The Morgan fingerprint density at radius 1 is 1.40 bits per heavy atom. The van der Waals surface area contributed by atoms with Crippen molar-refractivity contribution in [3.8, 4) is 17.1 Å². The van der Waals surface area contributed by atoms with E-state index in [9.17, 15) is 4.79 Å². The molecule has 4 rings (SSSR count). The number of methoxy groups -OCH3 is 1. The lowest BCUT2D eigenvalue weighted by molar-refractivity contribution is 0.0933. The van der Waals surface area contributed by atoms with Crippen LogP contribution in [0, 0.1) is 0 Å². The van der Waals surface area contributed by atoms with Crippen LogP contribution < -0.4 is 10.1 Å². The number of fused-ring (bicyclic) bond motifs is 1. The molecule has 9 heteroatoms. The lowest BCUT2D eigenvalue weighted by Gasteiger charge is -2.23. The highest BCUT2D eigenvalue weighted by molar-refractivity contribution is 5.95. The number of carbonyl (C=O) groups is 1. The van der Waals surface area contributed by atoms with Gasteiger partial charge < -0.3 is 10.1 Å². The normalized spacial score (nSPS) is 16.3. The van der Waals surface area contributed by atoms with Gasteiger partial charge >= 0.3 is 0 Å². The molecule has 3 N–H and O–H groups in total. The third-order valence-electron chi connectivity index (χ3n) is 4.41. The Bertz CT molecular complexity index is 888. The molecule has 0 fully saturated rings. The molecule has 1 unspecified atom stereocenters. The Kier molecular flexibility index (Phi) is 3.88. The monoisotopic (exact) mass is 339 g/mol. The summed E-state index contributed by atoms with van der Waals surface area (Å²) < 4.78 is 5.37.